The number of non-ortho nitro benzene ring substituents is 2. The third-order valence-electron chi connectivity index (χ3n) is 3.85. The Morgan fingerprint density at radius 3 is 1.87 bits per heavy atom. The molecule has 0 spiro atoms. The molecule has 3 rings (SSSR count). The van der Waals surface area contributed by atoms with E-state index in [2.05, 4.69) is 12.6 Å². The molecule has 3 aromatic carbocycles. The van der Waals surface area contributed by atoms with Crippen molar-refractivity contribution in [2.75, 3.05) is 0 Å². The number of benzene rings is 3. The second-order valence-electron chi connectivity index (χ2n) is 5.99. The molecule has 0 aromatic heterocycles. The van der Waals surface area contributed by atoms with Crippen LogP contribution in [0.4, 0.5) is 11.4 Å². The van der Waals surface area contributed by atoms with Crippen LogP contribution in [-0.4, -0.2) is 16.1 Å². The van der Waals surface area contributed by atoms with E-state index in [1.54, 1.807) is 48.2 Å². The highest BCUT2D eigenvalue weighted by molar-refractivity contribution is 7.98. The van der Waals surface area contributed by atoms with Gasteiger partial charge in [0.15, 0.2) is 0 Å². The summed E-state index contributed by atoms with van der Waals surface area (Å²) in [6.45, 7) is 0. The van der Waals surface area contributed by atoms with Crippen LogP contribution >= 0.6 is 24.4 Å². The van der Waals surface area contributed by atoms with E-state index in [9.17, 15) is 25.0 Å². The highest BCUT2D eigenvalue weighted by atomic mass is 32.2. The second-order valence-corrected chi connectivity index (χ2v) is 7.35. The summed E-state index contributed by atoms with van der Waals surface area (Å²) in [6.07, 6.45) is 0.801. The summed E-state index contributed by atoms with van der Waals surface area (Å²) in [5.74, 6) is 1.18. The van der Waals surface area contributed by atoms with Crippen molar-refractivity contribution in [2.45, 2.75) is 16.4 Å². The van der Waals surface area contributed by atoms with Crippen molar-refractivity contribution in [2.24, 2.45) is 0 Å². The van der Waals surface area contributed by atoms with E-state index >= 15 is 0 Å². The molecule has 0 amide bonds. The van der Waals surface area contributed by atoms with Crippen molar-refractivity contribution in [3.8, 4) is 0 Å². The molecule has 0 heterocycles. The van der Waals surface area contributed by atoms with Crippen molar-refractivity contribution in [3.05, 3.63) is 110 Å². The molecule has 0 fully saturated rings. The standard InChI is InChI=1S/C14H11NO3S.C7H7NO2S/c16-9-11-4-6-14(7-5-11)19-10-12-2-1-3-13(8-12)15(17)18;9-8(10)7-3-1-2-6(4-7)5-11/h1-9H,10H2;1-4,11H,5H2. The maximum atomic E-state index is 10.7. The van der Waals surface area contributed by atoms with Gasteiger partial charge >= 0.3 is 0 Å². The molecule has 30 heavy (non-hydrogen) atoms. The molecule has 0 bridgehead atoms. The third kappa shape index (κ3) is 7.34. The number of nitro benzene ring substituents is 2. The Hall–Kier alpha value is -3.17. The fraction of sp³-hybridized carbons (Fsp3) is 0.0952. The SMILES string of the molecule is O=Cc1ccc(SCc2cccc([N+](=O)[O-])c2)cc1.O=[N+]([O-])c1cccc(CS)c1. The van der Waals surface area contributed by atoms with Gasteiger partial charge in [-0.05, 0) is 23.3 Å². The Balaban J connectivity index is 0.000000248. The molecule has 0 aliphatic carbocycles. The van der Waals surface area contributed by atoms with Crippen molar-refractivity contribution in [1.29, 1.82) is 0 Å². The van der Waals surface area contributed by atoms with Crippen LogP contribution in [0.15, 0.2) is 77.7 Å². The van der Waals surface area contributed by atoms with Gasteiger partial charge in [-0.1, -0.05) is 36.4 Å². The van der Waals surface area contributed by atoms with Crippen LogP contribution in [0.2, 0.25) is 0 Å². The van der Waals surface area contributed by atoms with E-state index in [4.69, 9.17) is 0 Å². The monoisotopic (exact) mass is 442 g/mol. The summed E-state index contributed by atoms with van der Waals surface area (Å²) < 4.78 is 0. The molecule has 0 saturated heterocycles. The van der Waals surface area contributed by atoms with Gasteiger partial charge in [0.2, 0.25) is 0 Å². The molecule has 3 aromatic rings. The number of nitrogens with zero attached hydrogens (tertiary/aromatic N) is 2. The Morgan fingerprint density at radius 2 is 1.37 bits per heavy atom. The fourth-order valence-corrected chi connectivity index (χ4v) is 3.38. The number of thiol groups is 1. The van der Waals surface area contributed by atoms with Crippen LogP contribution in [0.25, 0.3) is 0 Å². The van der Waals surface area contributed by atoms with Gasteiger partial charge in [0.05, 0.1) is 9.85 Å². The first-order chi connectivity index (χ1) is 14.4. The Bertz CT molecular complexity index is 1030. The molecular formula is C21H18N2O5S2. The summed E-state index contributed by atoms with van der Waals surface area (Å²) in [5, 5.41) is 20.9. The van der Waals surface area contributed by atoms with E-state index in [-0.39, 0.29) is 11.4 Å². The number of carbonyl (C=O) groups excluding carboxylic acids is 1. The number of rotatable bonds is 7. The normalized spacial score (nSPS) is 9.90. The van der Waals surface area contributed by atoms with Crippen LogP contribution in [0.1, 0.15) is 21.5 Å². The zero-order valence-electron chi connectivity index (χ0n) is 15.7. The number of aldehydes is 1. The lowest BCUT2D eigenvalue weighted by atomic mass is 10.2. The van der Waals surface area contributed by atoms with Gasteiger partial charge in [0, 0.05) is 46.2 Å². The third-order valence-corrected chi connectivity index (χ3v) is 5.30. The highest BCUT2D eigenvalue weighted by Crippen LogP contribution is 2.24. The molecule has 0 unspecified atom stereocenters. The molecule has 0 saturated carbocycles. The predicted octanol–water partition coefficient (Wildman–Crippen LogP) is 5.72. The van der Waals surface area contributed by atoms with E-state index < -0.39 is 9.85 Å². The van der Waals surface area contributed by atoms with Gasteiger partial charge < -0.3 is 0 Å². The van der Waals surface area contributed by atoms with E-state index in [1.807, 2.05) is 18.2 Å². The van der Waals surface area contributed by atoms with Gasteiger partial charge in [0.1, 0.15) is 6.29 Å². The van der Waals surface area contributed by atoms with E-state index in [0.29, 0.717) is 17.1 Å². The molecule has 7 nitrogen and oxygen atoms in total. The number of hydrogen-bond donors (Lipinski definition) is 1. The maximum absolute atomic E-state index is 10.7. The molecule has 0 radical (unpaired) electrons. The van der Waals surface area contributed by atoms with Crippen LogP contribution in [0.5, 0.6) is 0 Å². The topological polar surface area (TPSA) is 103 Å². The summed E-state index contributed by atoms with van der Waals surface area (Å²) in [6, 6.07) is 20.3. The van der Waals surface area contributed by atoms with Crippen molar-refractivity contribution >= 4 is 42.1 Å². The Morgan fingerprint density at radius 1 is 0.833 bits per heavy atom. The quantitative estimate of drug-likeness (QED) is 0.165. The second kappa shape index (κ2) is 11.7. The molecular weight excluding hydrogens is 424 g/mol. The van der Waals surface area contributed by atoms with E-state index in [0.717, 1.165) is 22.3 Å². The first kappa shape index (κ1) is 23.1. The zero-order valence-corrected chi connectivity index (χ0v) is 17.4. The number of carbonyl (C=O) groups is 1. The van der Waals surface area contributed by atoms with Gasteiger partial charge in [0.25, 0.3) is 11.4 Å². The average molecular weight is 443 g/mol. The van der Waals surface area contributed by atoms with Crippen molar-refractivity contribution < 1.29 is 14.6 Å². The number of hydrogen-bond acceptors (Lipinski definition) is 7. The van der Waals surface area contributed by atoms with Gasteiger partial charge in [-0.2, -0.15) is 12.6 Å². The predicted molar refractivity (Wildman–Crippen MR) is 120 cm³/mol. The summed E-state index contributed by atoms with van der Waals surface area (Å²) in [5.41, 5.74) is 2.63. The summed E-state index contributed by atoms with van der Waals surface area (Å²) in [7, 11) is 0. The highest BCUT2D eigenvalue weighted by Gasteiger charge is 2.06. The molecule has 0 aliphatic rings. The minimum Gasteiger partial charge on any atom is -0.298 e. The number of thioether (sulfide) groups is 1. The average Bonchev–Trinajstić information content (AvgIpc) is 2.78. The van der Waals surface area contributed by atoms with Crippen LogP contribution in [0.3, 0.4) is 0 Å². The maximum Gasteiger partial charge on any atom is 0.269 e. The first-order valence-electron chi connectivity index (χ1n) is 8.68. The lowest BCUT2D eigenvalue weighted by Gasteiger charge is -2.02. The molecule has 154 valence electrons. The van der Waals surface area contributed by atoms with Crippen LogP contribution < -0.4 is 0 Å². The van der Waals surface area contributed by atoms with E-state index in [1.165, 1.54) is 18.2 Å². The van der Waals surface area contributed by atoms with Gasteiger partial charge in [-0.3, -0.25) is 25.0 Å². The molecule has 0 aliphatic heterocycles. The Kier molecular flexibility index (Phi) is 9.04. The number of nitro groups is 2. The van der Waals surface area contributed by atoms with Crippen LogP contribution in [0, 0.1) is 20.2 Å². The lowest BCUT2D eigenvalue weighted by Crippen LogP contribution is -1.89. The largest absolute Gasteiger partial charge is 0.298 e. The fourth-order valence-electron chi connectivity index (χ4n) is 2.34. The van der Waals surface area contributed by atoms with Gasteiger partial charge in [-0.15, -0.1) is 11.8 Å². The zero-order chi connectivity index (χ0) is 21.9. The van der Waals surface area contributed by atoms with Gasteiger partial charge in [-0.25, -0.2) is 0 Å². The smallest absolute Gasteiger partial charge is 0.269 e. The Labute approximate surface area is 182 Å². The van der Waals surface area contributed by atoms with Crippen molar-refractivity contribution in [3.63, 3.8) is 0 Å². The van der Waals surface area contributed by atoms with Crippen molar-refractivity contribution in [1.82, 2.24) is 0 Å². The first-order valence-corrected chi connectivity index (χ1v) is 10.3. The minimum absolute atomic E-state index is 0.106. The lowest BCUT2D eigenvalue weighted by molar-refractivity contribution is -0.385. The minimum atomic E-state index is -0.410. The summed E-state index contributed by atoms with van der Waals surface area (Å²) >= 11 is 5.58. The van der Waals surface area contributed by atoms with Crippen LogP contribution in [-0.2, 0) is 11.5 Å². The molecule has 0 N–H and O–H groups in total. The summed E-state index contributed by atoms with van der Waals surface area (Å²) in [4.78, 5) is 31.7. The molecule has 0 atom stereocenters. The molecule has 9 heteroatoms.